The predicted molar refractivity (Wildman–Crippen MR) is 96.3 cm³/mol. The second-order valence-corrected chi connectivity index (χ2v) is 7.51. The van der Waals surface area contributed by atoms with Crippen LogP contribution in [-0.4, -0.2) is 20.9 Å². The molecule has 2 N–H and O–H groups in total. The third-order valence-corrected chi connectivity index (χ3v) is 5.27. The highest BCUT2D eigenvalue weighted by Crippen LogP contribution is 2.26. The van der Waals surface area contributed by atoms with Gasteiger partial charge < -0.3 is 5.32 Å². The molecule has 0 bridgehead atoms. The van der Waals surface area contributed by atoms with Crippen LogP contribution in [0.1, 0.15) is 23.7 Å². The van der Waals surface area contributed by atoms with Crippen LogP contribution in [0.15, 0.2) is 47.4 Å². The molecular formula is C16H16Cl2N2O3S. The second-order valence-electron chi connectivity index (χ2n) is 5.01. The van der Waals surface area contributed by atoms with Gasteiger partial charge in [0.1, 0.15) is 0 Å². The Labute approximate surface area is 151 Å². The number of anilines is 1. The smallest absolute Gasteiger partial charge is 0.261 e. The molecule has 1 amide bonds. The first-order chi connectivity index (χ1) is 11.3. The van der Waals surface area contributed by atoms with Gasteiger partial charge in [-0.05, 0) is 48.9 Å². The highest BCUT2D eigenvalue weighted by molar-refractivity contribution is 7.92. The van der Waals surface area contributed by atoms with E-state index in [2.05, 4.69) is 10.0 Å². The number of benzene rings is 2. The molecule has 0 heterocycles. The van der Waals surface area contributed by atoms with Crippen LogP contribution in [-0.2, 0) is 10.0 Å². The number of hydrogen-bond acceptors (Lipinski definition) is 3. The summed E-state index contributed by atoms with van der Waals surface area (Å²) in [4.78, 5) is 11.9. The summed E-state index contributed by atoms with van der Waals surface area (Å²) in [6.45, 7) is 2.52. The Bertz CT molecular complexity index is 837. The van der Waals surface area contributed by atoms with Crippen LogP contribution in [0, 0.1) is 0 Å². The molecule has 0 aliphatic carbocycles. The fourth-order valence-corrected chi connectivity index (χ4v) is 3.25. The molecule has 24 heavy (non-hydrogen) atoms. The molecule has 5 nitrogen and oxygen atoms in total. The number of nitrogens with one attached hydrogen (secondary N) is 2. The van der Waals surface area contributed by atoms with Crippen LogP contribution in [0.3, 0.4) is 0 Å². The van der Waals surface area contributed by atoms with Gasteiger partial charge in [-0.25, -0.2) is 8.42 Å². The maximum Gasteiger partial charge on any atom is 0.261 e. The topological polar surface area (TPSA) is 75.3 Å². The molecule has 0 atom stereocenters. The summed E-state index contributed by atoms with van der Waals surface area (Å²) in [6.07, 6.45) is 0.825. The highest BCUT2D eigenvalue weighted by Gasteiger charge is 2.15. The van der Waals surface area contributed by atoms with Crippen LogP contribution in [0.5, 0.6) is 0 Å². The minimum atomic E-state index is -3.79. The Hall–Kier alpha value is -1.76. The summed E-state index contributed by atoms with van der Waals surface area (Å²) in [6, 6.07) is 10.1. The summed E-state index contributed by atoms with van der Waals surface area (Å²) in [7, 11) is -3.79. The summed E-state index contributed by atoms with van der Waals surface area (Å²) in [5.74, 6) is -0.238. The zero-order valence-electron chi connectivity index (χ0n) is 12.8. The van der Waals surface area contributed by atoms with Gasteiger partial charge in [0, 0.05) is 12.1 Å². The van der Waals surface area contributed by atoms with Gasteiger partial charge in [-0.1, -0.05) is 30.1 Å². The number of amides is 1. The van der Waals surface area contributed by atoms with E-state index < -0.39 is 10.0 Å². The lowest BCUT2D eigenvalue weighted by molar-refractivity contribution is 0.0953. The molecule has 0 spiro atoms. The quantitative estimate of drug-likeness (QED) is 0.789. The standard InChI is InChI=1S/C16H16Cl2N2O3S/c1-2-9-19-16(21)11-3-6-13(7-4-11)24(22,23)20-12-5-8-14(17)15(18)10-12/h3-8,10,20H,2,9H2,1H3,(H,19,21). The maximum atomic E-state index is 12.4. The molecule has 0 aliphatic heterocycles. The van der Waals surface area contributed by atoms with Crippen LogP contribution in [0.4, 0.5) is 5.69 Å². The Morgan fingerprint density at radius 1 is 1.04 bits per heavy atom. The van der Waals surface area contributed by atoms with E-state index in [9.17, 15) is 13.2 Å². The minimum Gasteiger partial charge on any atom is -0.352 e. The number of carbonyl (C=O) groups excluding carboxylic acids is 1. The third kappa shape index (κ3) is 4.63. The molecular weight excluding hydrogens is 371 g/mol. The van der Waals surface area contributed by atoms with Gasteiger partial charge in [-0.15, -0.1) is 0 Å². The number of rotatable bonds is 6. The van der Waals surface area contributed by atoms with Crippen molar-refractivity contribution in [2.24, 2.45) is 0 Å². The van der Waals surface area contributed by atoms with Gasteiger partial charge in [0.15, 0.2) is 0 Å². The molecule has 8 heteroatoms. The number of halogens is 2. The molecule has 2 aromatic rings. The van der Waals surface area contributed by atoms with Crippen LogP contribution < -0.4 is 10.0 Å². The molecule has 0 aliphatic rings. The summed E-state index contributed by atoms with van der Waals surface area (Å²) < 4.78 is 27.1. The van der Waals surface area contributed by atoms with Gasteiger partial charge in [-0.3, -0.25) is 9.52 Å². The SMILES string of the molecule is CCCNC(=O)c1ccc(S(=O)(=O)Nc2ccc(Cl)c(Cl)c2)cc1. The van der Waals surface area contributed by atoms with Gasteiger partial charge in [0.05, 0.1) is 20.6 Å². The summed E-state index contributed by atoms with van der Waals surface area (Å²) >= 11 is 11.7. The lowest BCUT2D eigenvalue weighted by Crippen LogP contribution is -2.24. The Kier molecular flexibility index (Phi) is 6.10. The van der Waals surface area contributed by atoms with E-state index in [4.69, 9.17) is 23.2 Å². The maximum absolute atomic E-state index is 12.4. The first-order valence-electron chi connectivity index (χ1n) is 7.19. The average molecular weight is 387 g/mol. The molecule has 0 saturated heterocycles. The van der Waals surface area contributed by atoms with Crippen molar-refractivity contribution in [3.63, 3.8) is 0 Å². The van der Waals surface area contributed by atoms with E-state index in [1.807, 2.05) is 6.92 Å². The van der Waals surface area contributed by atoms with Crippen molar-refractivity contribution in [1.82, 2.24) is 5.32 Å². The molecule has 0 saturated carbocycles. The summed E-state index contributed by atoms with van der Waals surface area (Å²) in [5, 5.41) is 3.31. The molecule has 0 unspecified atom stereocenters. The Morgan fingerprint density at radius 2 is 1.71 bits per heavy atom. The minimum absolute atomic E-state index is 0.0422. The van der Waals surface area contributed by atoms with Crippen LogP contribution in [0.25, 0.3) is 0 Å². The molecule has 0 fully saturated rings. The van der Waals surface area contributed by atoms with Crippen molar-refractivity contribution in [3.05, 3.63) is 58.1 Å². The zero-order valence-corrected chi connectivity index (χ0v) is 15.2. The highest BCUT2D eigenvalue weighted by atomic mass is 35.5. The van der Waals surface area contributed by atoms with Crippen molar-refractivity contribution in [2.75, 3.05) is 11.3 Å². The van der Waals surface area contributed by atoms with Gasteiger partial charge in [0.2, 0.25) is 0 Å². The van der Waals surface area contributed by atoms with E-state index in [1.54, 1.807) is 0 Å². The Balaban J connectivity index is 2.17. The van der Waals surface area contributed by atoms with Crippen molar-refractivity contribution in [3.8, 4) is 0 Å². The molecule has 0 radical (unpaired) electrons. The number of sulfonamides is 1. The summed E-state index contributed by atoms with van der Waals surface area (Å²) in [5.41, 5.74) is 0.700. The fourth-order valence-electron chi connectivity index (χ4n) is 1.90. The normalized spacial score (nSPS) is 11.1. The molecule has 0 aromatic heterocycles. The lowest BCUT2D eigenvalue weighted by atomic mass is 10.2. The molecule has 128 valence electrons. The monoisotopic (exact) mass is 386 g/mol. The van der Waals surface area contributed by atoms with Crippen LogP contribution >= 0.6 is 23.2 Å². The zero-order chi connectivity index (χ0) is 17.7. The van der Waals surface area contributed by atoms with Crippen molar-refractivity contribution >= 4 is 44.8 Å². The average Bonchev–Trinajstić information content (AvgIpc) is 2.56. The predicted octanol–water partition coefficient (Wildman–Crippen LogP) is 3.93. The third-order valence-electron chi connectivity index (χ3n) is 3.13. The van der Waals surface area contributed by atoms with E-state index in [0.717, 1.165) is 6.42 Å². The van der Waals surface area contributed by atoms with E-state index >= 15 is 0 Å². The van der Waals surface area contributed by atoms with E-state index in [0.29, 0.717) is 22.8 Å². The first-order valence-corrected chi connectivity index (χ1v) is 9.43. The van der Waals surface area contributed by atoms with Crippen molar-refractivity contribution in [2.45, 2.75) is 18.2 Å². The van der Waals surface area contributed by atoms with Crippen molar-refractivity contribution < 1.29 is 13.2 Å². The van der Waals surface area contributed by atoms with E-state index in [1.165, 1.54) is 42.5 Å². The Morgan fingerprint density at radius 3 is 2.29 bits per heavy atom. The van der Waals surface area contributed by atoms with Gasteiger partial charge in [-0.2, -0.15) is 0 Å². The number of carbonyl (C=O) groups is 1. The second kappa shape index (κ2) is 7.88. The van der Waals surface area contributed by atoms with Crippen LogP contribution in [0.2, 0.25) is 10.0 Å². The fraction of sp³-hybridized carbons (Fsp3) is 0.188. The largest absolute Gasteiger partial charge is 0.352 e. The van der Waals surface area contributed by atoms with Crippen molar-refractivity contribution in [1.29, 1.82) is 0 Å². The molecule has 2 aromatic carbocycles. The molecule has 2 rings (SSSR count). The van der Waals surface area contributed by atoms with E-state index in [-0.39, 0.29) is 15.8 Å². The van der Waals surface area contributed by atoms with Gasteiger partial charge in [0.25, 0.3) is 15.9 Å². The lowest BCUT2D eigenvalue weighted by Gasteiger charge is -2.10. The van der Waals surface area contributed by atoms with Gasteiger partial charge >= 0.3 is 0 Å². The number of hydrogen-bond donors (Lipinski definition) is 2. The first kappa shape index (κ1) is 18.6.